The van der Waals surface area contributed by atoms with Gasteiger partial charge in [0.15, 0.2) is 0 Å². The van der Waals surface area contributed by atoms with Gasteiger partial charge in [0.1, 0.15) is 18.6 Å². The average Bonchev–Trinajstić information content (AvgIpc) is 2.88. The molecule has 2 aromatic carbocycles. The maximum Gasteiger partial charge on any atom is 0.322 e. The van der Waals surface area contributed by atoms with Crippen molar-refractivity contribution in [3.8, 4) is 11.1 Å². The van der Waals surface area contributed by atoms with E-state index in [-0.39, 0.29) is 30.4 Å². The minimum Gasteiger partial charge on any atom is -0.480 e. The van der Waals surface area contributed by atoms with Gasteiger partial charge in [0.05, 0.1) is 5.69 Å². The predicted octanol–water partition coefficient (Wildman–Crippen LogP) is 1.24. The Bertz CT molecular complexity index is 1270. The van der Waals surface area contributed by atoms with E-state index < -0.39 is 42.4 Å². The van der Waals surface area contributed by atoms with Crippen LogP contribution in [-0.4, -0.2) is 70.2 Å². The van der Waals surface area contributed by atoms with Crippen molar-refractivity contribution < 1.29 is 39.0 Å². The van der Waals surface area contributed by atoms with E-state index in [1.54, 1.807) is 42.5 Å². The van der Waals surface area contributed by atoms with E-state index in [4.69, 9.17) is 15.9 Å². The molecule has 40 heavy (non-hydrogen) atoms. The Morgan fingerprint density at radius 2 is 1.52 bits per heavy atom. The van der Waals surface area contributed by atoms with Crippen LogP contribution in [-0.2, 0) is 28.8 Å². The fourth-order valence-electron chi connectivity index (χ4n) is 3.38. The Kier molecular flexibility index (Phi) is 12.1. The number of amides is 4. The number of rotatable bonds is 14. The first-order valence-electron chi connectivity index (χ1n) is 12.1. The van der Waals surface area contributed by atoms with Crippen LogP contribution in [0.4, 0.5) is 11.4 Å². The zero-order valence-electron chi connectivity index (χ0n) is 21.9. The second-order valence-corrected chi connectivity index (χ2v) is 9.74. The summed E-state index contributed by atoms with van der Waals surface area (Å²) in [7, 11) is 0. The number of carboxylic acid groups (broad SMARTS) is 2. The highest BCUT2D eigenvalue weighted by atomic mass is 32.2. The maximum atomic E-state index is 12.7. The molecule has 0 aliphatic carbocycles. The lowest BCUT2D eigenvalue weighted by Gasteiger charge is -2.19. The summed E-state index contributed by atoms with van der Waals surface area (Å²) in [6, 6.07) is 9.90. The molecule has 0 aliphatic rings. The molecule has 0 spiro atoms. The monoisotopic (exact) mass is 573 g/mol. The summed E-state index contributed by atoms with van der Waals surface area (Å²) in [5, 5.41) is 28.0. The molecule has 0 saturated carbocycles. The number of carbonyl (C=O) groups is 6. The standard InChI is InChI=1S/C26H31N5O8S/c1-14(32)29-18-6-3-16(4-7-18)17-5-9-20(30-15(2)33)22(11-17)40-13-21(25(37)28-12-24(35)36)31-23(34)10-8-19(27)26(38)39/h3-7,9,11,19,21H,8,10,12-13,27H2,1-2H3,(H,28,37)(H,29,32)(H,30,33)(H,31,34)(H,35,36)(H,38,39)/t19-,21-/m0/s1. The Hall–Kier alpha value is -4.43. The van der Waals surface area contributed by atoms with Crippen LogP contribution in [0.1, 0.15) is 26.7 Å². The molecule has 0 bridgehead atoms. The van der Waals surface area contributed by atoms with Gasteiger partial charge in [-0.2, -0.15) is 0 Å². The molecule has 0 heterocycles. The van der Waals surface area contributed by atoms with Crippen molar-refractivity contribution in [1.82, 2.24) is 10.6 Å². The molecule has 13 nitrogen and oxygen atoms in total. The van der Waals surface area contributed by atoms with Crippen molar-refractivity contribution in [2.45, 2.75) is 43.7 Å². The lowest BCUT2D eigenvalue weighted by molar-refractivity contribution is -0.139. The van der Waals surface area contributed by atoms with Gasteiger partial charge in [0.2, 0.25) is 23.6 Å². The molecule has 4 amide bonds. The first-order chi connectivity index (χ1) is 18.8. The number of nitrogens with one attached hydrogen (secondary N) is 4. The van der Waals surface area contributed by atoms with Crippen molar-refractivity contribution in [2.75, 3.05) is 22.9 Å². The van der Waals surface area contributed by atoms with Crippen LogP contribution in [0.15, 0.2) is 47.4 Å². The highest BCUT2D eigenvalue weighted by Gasteiger charge is 2.23. The van der Waals surface area contributed by atoms with E-state index >= 15 is 0 Å². The first-order valence-corrected chi connectivity index (χ1v) is 13.0. The summed E-state index contributed by atoms with van der Waals surface area (Å²) >= 11 is 1.14. The van der Waals surface area contributed by atoms with Gasteiger partial charge in [-0.15, -0.1) is 11.8 Å². The normalized spacial score (nSPS) is 12.0. The number of aliphatic carboxylic acids is 2. The molecule has 0 saturated heterocycles. The van der Waals surface area contributed by atoms with Crippen LogP contribution < -0.4 is 27.0 Å². The molecule has 8 N–H and O–H groups in total. The van der Waals surface area contributed by atoms with Crippen molar-refractivity contribution in [1.29, 1.82) is 0 Å². The lowest BCUT2D eigenvalue weighted by atomic mass is 10.0. The molecule has 0 radical (unpaired) electrons. The van der Waals surface area contributed by atoms with Gasteiger partial charge in [-0.25, -0.2) is 0 Å². The van der Waals surface area contributed by atoms with Crippen LogP contribution in [0.2, 0.25) is 0 Å². The van der Waals surface area contributed by atoms with Crippen LogP contribution in [0.3, 0.4) is 0 Å². The van der Waals surface area contributed by atoms with E-state index in [0.29, 0.717) is 16.3 Å². The summed E-state index contributed by atoms with van der Waals surface area (Å²) in [4.78, 5) is 70.6. The number of hydrogen-bond acceptors (Lipinski definition) is 8. The molecular weight excluding hydrogens is 542 g/mol. The van der Waals surface area contributed by atoms with Gasteiger partial charge < -0.3 is 37.2 Å². The van der Waals surface area contributed by atoms with Gasteiger partial charge in [0, 0.05) is 36.6 Å². The number of nitrogens with two attached hydrogens (primary N) is 1. The predicted molar refractivity (Wildman–Crippen MR) is 149 cm³/mol. The molecule has 0 fully saturated rings. The van der Waals surface area contributed by atoms with E-state index in [1.165, 1.54) is 13.8 Å². The van der Waals surface area contributed by atoms with Crippen LogP contribution in [0.25, 0.3) is 11.1 Å². The van der Waals surface area contributed by atoms with Crippen molar-refractivity contribution >= 4 is 58.7 Å². The Morgan fingerprint density at radius 3 is 2.10 bits per heavy atom. The zero-order valence-corrected chi connectivity index (χ0v) is 22.7. The van der Waals surface area contributed by atoms with Gasteiger partial charge in [-0.1, -0.05) is 18.2 Å². The number of thioether (sulfide) groups is 1. The quantitative estimate of drug-likeness (QED) is 0.160. The third-order valence-electron chi connectivity index (χ3n) is 5.30. The number of carbonyl (C=O) groups excluding carboxylic acids is 4. The molecule has 214 valence electrons. The SMILES string of the molecule is CC(=O)Nc1ccc(-c2ccc(NC(C)=O)c(SC[C@H](NC(=O)CC[C@H](N)C(=O)O)C(=O)NCC(=O)O)c2)cc1. The smallest absolute Gasteiger partial charge is 0.322 e. The van der Waals surface area contributed by atoms with Gasteiger partial charge in [0.25, 0.3) is 0 Å². The summed E-state index contributed by atoms with van der Waals surface area (Å²) in [6.45, 7) is 2.08. The summed E-state index contributed by atoms with van der Waals surface area (Å²) in [5.74, 6) is -4.50. The van der Waals surface area contributed by atoms with Gasteiger partial charge in [-0.3, -0.25) is 28.8 Å². The molecule has 14 heteroatoms. The number of hydrogen-bond donors (Lipinski definition) is 7. The van der Waals surface area contributed by atoms with E-state index in [1.807, 2.05) is 0 Å². The maximum absolute atomic E-state index is 12.7. The third kappa shape index (κ3) is 10.7. The molecular formula is C26H31N5O8S. The minimum atomic E-state index is -1.27. The van der Waals surface area contributed by atoms with E-state index in [2.05, 4.69) is 21.3 Å². The first kappa shape index (κ1) is 31.8. The van der Waals surface area contributed by atoms with Crippen LogP contribution >= 0.6 is 11.8 Å². The molecule has 0 unspecified atom stereocenters. The highest BCUT2D eigenvalue weighted by Crippen LogP contribution is 2.33. The zero-order chi connectivity index (χ0) is 29.8. The van der Waals surface area contributed by atoms with Crippen LogP contribution in [0, 0.1) is 0 Å². The second kappa shape index (κ2) is 15.2. The second-order valence-electron chi connectivity index (χ2n) is 8.68. The molecule has 2 atom stereocenters. The summed E-state index contributed by atoms with van der Waals surface area (Å²) in [5.41, 5.74) is 8.09. The lowest BCUT2D eigenvalue weighted by Crippen LogP contribution is -2.49. The van der Waals surface area contributed by atoms with Gasteiger partial charge >= 0.3 is 11.9 Å². The fourth-order valence-corrected chi connectivity index (χ4v) is 4.45. The molecule has 2 aromatic rings. The largest absolute Gasteiger partial charge is 0.480 e. The summed E-state index contributed by atoms with van der Waals surface area (Å²) in [6.07, 6.45) is -0.421. The van der Waals surface area contributed by atoms with Crippen molar-refractivity contribution in [3.63, 3.8) is 0 Å². The Balaban J connectivity index is 2.27. The number of benzene rings is 2. The topological polar surface area (TPSA) is 217 Å². The fraction of sp³-hybridized carbons (Fsp3) is 0.308. The van der Waals surface area contributed by atoms with Crippen LogP contribution in [0.5, 0.6) is 0 Å². The third-order valence-corrected chi connectivity index (χ3v) is 6.45. The van der Waals surface area contributed by atoms with E-state index in [9.17, 15) is 28.8 Å². The molecule has 2 rings (SSSR count). The molecule has 0 aromatic heterocycles. The number of carboxylic acids is 2. The minimum absolute atomic E-state index is 0.0420. The highest BCUT2D eigenvalue weighted by molar-refractivity contribution is 7.99. The van der Waals surface area contributed by atoms with Gasteiger partial charge in [-0.05, 0) is 41.8 Å². The summed E-state index contributed by atoms with van der Waals surface area (Å²) < 4.78 is 0. The Morgan fingerprint density at radius 1 is 0.900 bits per heavy atom. The number of anilines is 2. The Labute approximate surface area is 234 Å². The average molecular weight is 574 g/mol. The van der Waals surface area contributed by atoms with Crippen molar-refractivity contribution in [2.24, 2.45) is 5.73 Å². The van der Waals surface area contributed by atoms with Crippen molar-refractivity contribution in [3.05, 3.63) is 42.5 Å². The van der Waals surface area contributed by atoms with E-state index in [0.717, 1.165) is 22.9 Å². The molecule has 0 aliphatic heterocycles.